The van der Waals surface area contributed by atoms with Crippen molar-refractivity contribution < 1.29 is 5.11 Å². The van der Waals surface area contributed by atoms with E-state index in [0.29, 0.717) is 15.9 Å². The molecule has 1 aliphatic carbocycles. The minimum atomic E-state index is -0.668. The van der Waals surface area contributed by atoms with Gasteiger partial charge in [0.25, 0.3) is 5.56 Å². The van der Waals surface area contributed by atoms with Gasteiger partial charge in [-0.05, 0) is 54.2 Å². The summed E-state index contributed by atoms with van der Waals surface area (Å²) in [6.07, 6.45) is 6.36. The smallest absolute Gasteiger partial charge is 0.266 e. The third-order valence-electron chi connectivity index (χ3n) is 3.99. The van der Waals surface area contributed by atoms with Crippen molar-refractivity contribution >= 4 is 28.4 Å². The summed E-state index contributed by atoms with van der Waals surface area (Å²) in [5.74, 6) is 1.30. The van der Waals surface area contributed by atoms with Gasteiger partial charge < -0.3 is 15.4 Å². The summed E-state index contributed by atoms with van der Waals surface area (Å²) in [5.41, 5.74) is -0.821. The molecule has 5 nitrogen and oxygen atoms in total. The van der Waals surface area contributed by atoms with Crippen molar-refractivity contribution in [1.82, 2.24) is 9.97 Å². The molecule has 0 aromatic carbocycles. The standard InChI is InChI=1S/C13H20IN3O2/c1-2-9-3-5-13(19,6-4-9)7-15-11-10(14)12(18)17-8-16-11/h8-9,19H,2-7H2,1H3,(H2,15,16,17,18). The summed E-state index contributed by atoms with van der Waals surface area (Å²) in [6, 6.07) is 0. The van der Waals surface area contributed by atoms with Crippen molar-refractivity contribution in [2.45, 2.75) is 44.6 Å². The number of rotatable bonds is 4. The number of hydrogen-bond donors (Lipinski definition) is 3. The van der Waals surface area contributed by atoms with Gasteiger partial charge in [-0.15, -0.1) is 0 Å². The van der Waals surface area contributed by atoms with Crippen LogP contribution in [0.5, 0.6) is 0 Å². The fraction of sp³-hybridized carbons (Fsp3) is 0.692. The Kier molecular flexibility index (Phi) is 4.83. The van der Waals surface area contributed by atoms with E-state index in [9.17, 15) is 9.90 Å². The lowest BCUT2D eigenvalue weighted by molar-refractivity contribution is 0.00221. The number of aromatic amines is 1. The summed E-state index contributed by atoms with van der Waals surface area (Å²) in [5, 5.41) is 13.6. The Morgan fingerprint density at radius 3 is 2.89 bits per heavy atom. The molecule has 0 bridgehead atoms. The minimum absolute atomic E-state index is 0.153. The van der Waals surface area contributed by atoms with E-state index in [1.54, 1.807) is 0 Å². The Hall–Kier alpha value is -0.630. The summed E-state index contributed by atoms with van der Waals surface area (Å²) in [6.45, 7) is 2.66. The highest BCUT2D eigenvalue weighted by Gasteiger charge is 2.32. The molecule has 0 amide bonds. The maximum absolute atomic E-state index is 11.4. The number of anilines is 1. The quantitative estimate of drug-likeness (QED) is 0.703. The number of nitrogens with zero attached hydrogens (tertiary/aromatic N) is 1. The van der Waals surface area contributed by atoms with Gasteiger partial charge in [-0.25, -0.2) is 4.98 Å². The molecule has 19 heavy (non-hydrogen) atoms. The first-order valence-electron chi connectivity index (χ1n) is 6.73. The van der Waals surface area contributed by atoms with Gasteiger partial charge in [0.05, 0.1) is 11.9 Å². The van der Waals surface area contributed by atoms with Crippen LogP contribution in [0.3, 0.4) is 0 Å². The van der Waals surface area contributed by atoms with Crippen molar-refractivity contribution in [2.75, 3.05) is 11.9 Å². The van der Waals surface area contributed by atoms with Crippen molar-refractivity contribution in [3.05, 3.63) is 20.3 Å². The molecular formula is C13H20IN3O2. The topological polar surface area (TPSA) is 78.0 Å². The maximum atomic E-state index is 11.4. The van der Waals surface area contributed by atoms with Gasteiger partial charge in [-0.3, -0.25) is 4.79 Å². The van der Waals surface area contributed by atoms with Crippen LogP contribution < -0.4 is 10.9 Å². The van der Waals surface area contributed by atoms with Crippen LogP contribution >= 0.6 is 22.6 Å². The average molecular weight is 377 g/mol. The molecule has 0 radical (unpaired) electrons. The van der Waals surface area contributed by atoms with Crippen LogP contribution in [0, 0.1) is 9.49 Å². The Morgan fingerprint density at radius 1 is 1.58 bits per heavy atom. The molecule has 1 fully saturated rings. The zero-order chi connectivity index (χ0) is 13.9. The van der Waals surface area contributed by atoms with Gasteiger partial charge in [0.15, 0.2) is 0 Å². The molecule has 6 heteroatoms. The minimum Gasteiger partial charge on any atom is -0.388 e. The maximum Gasteiger partial charge on any atom is 0.266 e. The highest BCUT2D eigenvalue weighted by Crippen LogP contribution is 2.33. The largest absolute Gasteiger partial charge is 0.388 e. The van der Waals surface area contributed by atoms with E-state index in [1.807, 2.05) is 22.6 Å². The number of nitrogens with one attached hydrogen (secondary N) is 2. The monoisotopic (exact) mass is 377 g/mol. The third-order valence-corrected chi connectivity index (χ3v) is 5.00. The van der Waals surface area contributed by atoms with E-state index in [2.05, 4.69) is 22.2 Å². The second kappa shape index (κ2) is 6.21. The van der Waals surface area contributed by atoms with Crippen LogP contribution in [0.2, 0.25) is 0 Å². The van der Waals surface area contributed by atoms with Crippen molar-refractivity contribution in [3.8, 4) is 0 Å². The van der Waals surface area contributed by atoms with Gasteiger partial charge in [0.1, 0.15) is 9.39 Å². The van der Waals surface area contributed by atoms with Crippen molar-refractivity contribution in [1.29, 1.82) is 0 Å². The highest BCUT2D eigenvalue weighted by molar-refractivity contribution is 14.1. The van der Waals surface area contributed by atoms with Crippen LogP contribution in [-0.4, -0.2) is 27.2 Å². The van der Waals surface area contributed by atoms with Crippen LogP contribution in [0.1, 0.15) is 39.0 Å². The zero-order valence-electron chi connectivity index (χ0n) is 11.1. The molecule has 0 atom stereocenters. The normalized spacial score (nSPS) is 27.2. The molecule has 1 aromatic heterocycles. The molecule has 1 aliphatic rings. The molecular weight excluding hydrogens is 357 g/mol. The number of H-pyrrole nitrogens is 1. The number of hydrogen-bond acceptors (Lipinski definition) is 4. The fourth-order valence-electron chi connectivity index (χ4n) is 2.55. The Bertz CT molecular complexity index is 481. The third kappa shape index (κ3) is 3.68. The van der Waals surface area contributed by atoms with E-state index in [4.69, 9.17) is 0 Å². The number of aliphatic hydroxyl groups is 1. The van der Waals surface area contributed by atoms with E-state index in [1.165, 1.54) is 12.7 Å². The number of halogens is 1. The van der Waals surface area contributed by atoms with Gasteiger partial charge in [-0.2, -0.15) is 0 Å². The lowest BCUT2D eigenvalue weighted by Crippen LogP contribution is -2.41. The Balaban J connectivity index is 1.95. The fourth-order valence-corrected chi connectivity index (χ4v) is 3.04. The Morgan fingerprint density at radius 2 is 2.26 bits per heavy atom. The first-order chi connectivity index (χ1) is 9.04. The molecule has 1 saturated carbocycles. The summed E-state index contributed by atoms with van der Waals surface area (Å²) in [7, 11) is 0. The molecule has 3 N–H and O–H groups in total. The van der Waals surface area contributed by atoms with Gasteiger partial charge in [0, 0.05) is 6.54 Å². The zero-order valence-corrected chi connectivity index (χ0v) is 13.2. The lowest BCUT2D eigenvalue weighted by atomic mass is 9.78. The number of aromatic nitrogens is 2. The molecule has 0 unspecified atom stereocenters. The first kappa shape index (κ1) is 14.8. The molecule has 2 rings (SSSR count). The molecule has 0 saturated heterocycles. The summed E-state index contributed by atoms with van der Waals surface area (Å²) < 4.78 is 0.533. The van der Waals surface area contributed by atoms with Crippen molar-refractivity contribution in [2.24, 2.45) is 5.92 Å². The molecule has 1 heterocycles. The first-order valence-corrected chi connectivity index (χ1v) is 7.81. The Labute approximate surface area is 126 Å². The van der Waals surface area contributed by atoms with Crippen molar-refractivity contribution in [3.63, 3.8) is 0 Å². The molecule has 106 valence electrons. The van der Waals surface area contributed by atoms with Gasteiger partial charge in [-0.1, -0.05) is 13.3 Å². The van der Waals surface area contributed by atoms with E-state index in [-0.39, 0.29) is 5.56 Å². The lowest BCUT2D eigenvalue weighted by Gasteiger charge is -2.36. The predicted octanol–water partition coefficient (Wildman–Crippen LogP) is 2.12. The second-order valence-electron chi connectivity index (χ2n) is 5.32. The molecule has 0 aliphatic heterocycles. The van der Waals surface area contributed by atoms with Gasteiger partial charge in [0.2, 0.25) is 0 Å². The van der Waals surface area contributed by atoms with E-state index >= 15 is 0 Å². The summed E-state index contributed by atoms with van der Waals surface area (Å²) >= 11 is 1.96. The second-order valence-corrected chi connectivity index (χ2v) is 6.40. The van der Waals surface area contributed by atoms with Crippen LogP contribution in [0.25, 0.3) is 0 Å². The molecule has 1 aromatic rings. The SMILES string of the molecule is CCC1CCC(O)(CNc2nc[nH]c(=O)c2I)CC1. The van der Waals surface area contributed by atoms with E-state index in [0.717, 1.165) is 31.6 Å². The van der Waals surface area contributed by atoms with Crippen LogP contribution in [0.15, 0.2) is 11.1 Å². The highest BCUT2D eigenvalue weighted by atomic mass is 127. The van der Waals surface area contributed by atoms with E-state index < -0.39 is 5.60 Å². The average Bonchev–Trinajstić information content (AvgIpc) is 2.41. The predicted molar refractivity (Wildman–Crippen MR) is 83.3 cm³/mol. The molecule has 0 spiro atoms. The van der Waals surface area contributed by atoms with Crippen LogP contribution in [0.4, 0.5) is 5.82 Å². The van der Waals surface area contributed by atoms with Gasteiger partial charge >= 0.3 is 0 Å². The van der Waals surface area contributed by atoms with Crippen LogP contribution in [-0.2, 0) is 0 Å². The summed E-state index contributed by atoms with van der Waals surface area (Å²) in [4.78, 5) is 18.1.